The first-order chi connectivity index (χ1) is 7.02. The Kier molecular flexibility index (Phi) is 3.55. The molecule has 0 aliphatic rings. The van der Waals surface area contributed by atoms with Gasteiger partial charge in [-0.1, -0.05) is 12.1 Å². The first-order valence-corrected chi connectivity index (χ1v) is 4.74. The molecule has 1 atom stereocenters. The molecule has 0 radical (unpaired) electrons. The van der Waals surface area contributed by atoms with E-state index in [-0.39, 0.29) is 5.91 Å². The zero-order valence-electron chi connectivity index (χ0n) is 9.23. The van der Waals surface area contributed by atoms with Crippen LogP contribution in [-0.2, 0) is 4.79 Å². The first-order valence-electron chi connectivity index (χ1n) is 4.74. The van der Waals surface area contributed by atoms with Gasteiger partial charge in [-0.25, -0.2) is 0 Å². The second kappa shape index (κ2) is 4.68. The Morgan fingerprint density at radius 3 is 2.53 bits per heavy atom. The molecule has 15 heavy (non-hydrogen) atoms. The second-order valence-electron chi connectivity index (χ2n) is 3.53. The number of likely N-dealkylation sites (N-methyl/N-ethyl adjacent to an activating group) is 1. The van der Waals surface area contributed by atoms with E-state index in [4.69, 9.17) is 10.5 Å². The van der Waals surface area contributed by atoms with Crippen LogP contribution in [0.15, 0.2) is 24.3 Å². The number of hydrogen-bond donors (Lipinski definition) is 1. The Labute approximate surface area is 89.6 Å². The van der Waals surface area contributed by atoms with Gasteiger partial charge < -0.3 is 15.4 Å². The van der Waals surface area contributed by atoms with Crippen LogP contribution in [0.2, 0.25) is 0 Å². The van der Waals surface area contributed by atoms with Crippen molar-refractivity contribution in [1.29, 1.82) is 0 Å². The summed E-state index contributed by atoms with van der Waals surface area (Å²) in [5.74, 6) is 0.457. The van der Waals surface area contributed by atoms with E-state index in [1.165, 1.54) is 4.90 Å². The van der Waals surface area contributed by atoms with Crippen molar-refractivity contribution in [3.05, 3.63) is 24.3 Å². The molecule has 4 nitrogen and oxygen atoms in total. The third-order valence-corrected chi connectivity index (χ3v) is 2.01. The Morgan fingerprint density at radius 2 is 2.00 bits per heavy atom. The average Bonchev–Trinajstić information content (AvgIpc) is 2.20. The molecule has 2 N–H and O–H groups in total. The van der Waals surface area contributed by atoms with Crippen LogP contribution in [0.4, 0.5) is 5.69 Å². The lowest BCUT2D eigenvalue weighted by atomic mass is 10.3. The van der Waals surface area contributed by atoms with E-state index in [1.54, 1.807) is 33.2 Å². The molecule has 0 aliphatic heterocycles. The highest BCUT2D eigenvalue weighted by molar-refractivity contribution is 5.80. The number of nitrogens with zero attached hydrogens (tertiary/aromatic N) is 1. The zero-order valence-corrected chi connectivity index (χ0v) is 9.23. The lowest BCUT2D eigenvalue weighted by Gasteiger charge is -2.18. The number of anilines is 1. The molecule has 1 aromatic rings. The van der Waals surface area contributed by atoms with Gasteiger partial charge in [0.1, 0.15) is 5.75 Å². The zero-order chi connectivity index (χ0) is 11.4. The van der Waals surface area contributed by atoms with Gasteiger partial charge in [0.2, 0.25) is 0 Å². The van der Waals surface area contributed by atoms with Crippen LogP contribution >= 0.6 is 0 Å². The number of ether oxygens (including phenoxy) is 1. The third kappa shape index (κ3) is 2.87. The Balaban J connectivity index is 2.71. The highest BCUT2D eigenvalue weighted by Crippen LogP contribution is 2.21. The van der Waals surface area contributed by atoms with Crippen molar-refractivity contribution in [3.63, 3.8) is 0 Å². The smallest absolute Gasteiger partial charge is 0.262 e. The first kappa shape index (κ1) is 11.4. The van der Waals surface area contributed by atoms with Crippen LogP contribution in [0.25, 0.3) is 0 Å². The molecule has 1 rings (SSSR count). The molecular formula is C11H16N2O2. The molecule has 0 saturated carbocycles. The fourth-order valence-corrected chi connectivity index (χ4v) is 1.19. The average molecular weight is 208 g/mol. The van der Waals surface area contributed by atoms with Crippen LogP contribution < -0.4 is 10.5 Å². The standard InChI is InChI=1S/C11H16N2O2/c1-8(11(14)13(2)3)15-10-7-5-4-6-9(10)12/h4-8H,12H2,1-3H3. The summed E-state index contributed by atoms with van der Waals surface area (Å²) < 4.78 is 5.45. The highest BCUT2D eigenvalue weighted by Gasteiger charge is 2.16. The summed E-state index contributed by atoms with van der Waals surface area (Å²) in [6.07, 6.45) is -0.523. The molecule has 1 aromatic carbocycles. The Morgan fingerprint density at radius 1 is 1.40 bits per heavy atom. The van der Waals surface area contributed by atoms with Crippen molar-refractivity contribution in [2.45, 2.75) is 13.0 Å². The van der Waals surface area contributed by atoms with E-state index in [0.717, 1.165) is 0 Å². The highest BCUT2D eigenvalue weighted by atomic mass is 16.5. The number of amides is 1. The summed E-state index contributed by atoms with van der Waals surface area (Å²) >= 11 is 0. The number of rotatable bonds is 3. The second-order valence-corrected chi connectivity index (χ2v) is 3.53. The monoisotopic (exact) mass is 208 g/mol. The molecule has 0 aromatic heterocycles. The topological polar surface area (TPSA) is 55.6 Å². The third-order valence-electron chi connectivity index (χ3n) is 2.01. The normalized spacial score (nSPS) is 11.9. The van der Waals surface area contributed by atoms with Crippen molar-refractivity contribution in [1.82, 2.24) is 4.90 Å². The molecule has 82 valence electrons. The molecule has 0 fully saturated rings. The maximum absolute atomic E-state index is 11.5. The predicted molar refractivity (Wildman–Crippen MR) is 59.6 cm³/mol. The molecule has 1 unspecified atom stereocenters. The quantitative estimate of drug-likeness (QED) is 0.757. The summed E-state index contributed by atoms with van der Waals surface area (Å²) in [6, 6.07) is 7.12. The molecule has 0 heterocycles. The molecule has 0 saturated heterocycles. The van der Waals surface area contributed by atoms with Gasteiger partial charge in [0.25, 0.3) is 5.91 Å². The number of hydrogen-bond acceptors (Lipinski definition) is 3. The number of benzene rings is 1. The van der Waals surface area contributed by atoms with Gasteiger partial charge in [0.05, 0.1) is 5.69 Å². The minimum Gasteiger partial charge on any atom is -0.479 e. The van der Waals surface area contributed by atoms with E-state index in [9.17, 15) is 4.79 Å². The van der Waals surface area contributed by atoms with Crippen molar-refractivity contribution < 1.29 is 9.53 Å². The minimum absolute atomic E-state index is 0.0850. The van der Waals surface area contributed by atoms with E-state index in [1.807, 2.05) is 12.1 Å². The van der Waals surface area contributed by atoms with Gasteiger partial charge >= 0.3 is 0 Å². The lowest BCUT2D eigenvalue weighted by Crippen LogP contribution is -2.35. The number of carbonyl (C=O) groups excluding carboxylic acids is 1. The van der Waals surface area contributed by atoms with Gasteiger partial charge in [-0.2, -0.15) is 0 Å². The van der Waals surface area contributed by atoms with Gasteiger partial charge in [-0.3, -0.25) is 4.79 Å². The molecule has 1 amide bonds. The number of carbonyl (C=O) groups is 1. The van der Waals surface area contributed by atoms with Gasteiger partial charge in [-0.15, -0.1) is 0 Å². The van der Waals surface area contributed by atoms with Crippen LogP contribution in [-0.4, -0.2) is 31.0 Å². The van der Waals surface area contributed by atoms with Crippen LogP contribution in [0.3, 0.4) is 0 Å². The van der Waals surface area contributed by atoms with Crippen molar-refractivity contribution in [2.24, 2.45) is 0 Å². The number of para-hydroxylation sites is 2. The largest absolute Gasteiger partial charge is 0.479 e. The van der Waals surface area contributed by atoms with Gasteiger partial charge in [0, 0.05) is 14.1 Å². The van der Waals surface area contributed by atoms with Gasteiger partial charge in [-0.05, 0) is 19.1 Å². The van der Waals surface area contributed by atoms with Crippen molar-refractivity contribution in [2.75, 3.05) is 19.8 Å². The lowest BCUT2D eigenvalue weighted by molar-refractivity contribution is -0.135. The molecule has 0 aliphatic carbocycles. The van der Waals surface area contributed by atoms with E-state index < -0.39 is 6.10 Å². The van der Waals surface area contributed by atoms with Crippen molar-refractivity contribution >= 4 is 11.6 Å². The van der Waals surface area contributed by atoms with E-state index in [0.29, 0.717) is 11.4 Å². The Hall–Kier alpha value is -1.71. The molecule has 4 heteroatoms. The van der Waals surface area contributed by atoms with Crippen LogP contribution in [0.1, 0.15) is 6.92 Å². The summed E-state index contributed by atoms with van der Waals surface area (Å²) in [5, 5.41) is 0. The van der Waals surface area contributed by atoms with E-state index >= 15 is 0 Å². The van der Waals surface area contributed by atoms with Crippen LogP contribution in [0, 0.1) is 0 Å². The fraction of sp³-hybridized carbons (Fsp3) is 0.364. The number of nitrogen functional groups attached to an aromatic ring is 1. The van der Waals surface area contributed by atoms with E-state index in [2.05, 4.69) is 0 Å². The number of nitrogens with two attached hydrogens (primary N) is 1. The maximum atomic E-state index is 11.5. The summed E-state index contributed by atoms with van der Waals surface area (Å²) in [4.78, 5) is 13.0. The van der Waals surface area contributed by atoms with Crippen LogP contribution in [0.5, 0.6) is 5.75 Å². The maximum Gasteiger partial charge on any atom is 0.262 e. The van der Waals surface area contributed by atoms with Crippen molar-refractivity contribution in [3.8, 4) is 5.75 Å². The van der Waals surface area contributed by atoms with Gasteiger partial charge in [0.15, 0.2) is 6.10 Å². The Bertz CT molecular complexity index is 350. The summed E-state index contributed by atoms with van der Waals surface area (Å²) in [5.41, 5.74) is 6.23. The molecular weight excluding hydrogens is 192 g/mol. The predicted octanol–water partition coefficient (Wildman–Crippen LogP) is 1.12. The summed E-state index contributed by atoms with van der Waals surface area (Å²) in [7, 11) is 3.38. The fourth-order valence-electron chi connectivity index (χ4n) is 1.19. The molecule has 0 spiro atoms. The SMILES string of the molecule is CC(Oc1ccccc1N)C(=O)N(C)C. The minimum atomic E-state index is -0.523. The molecule has 0 bridgehead atoms. The summed E-state index contributed by atoms with van der Waals surface area (Å²) in [6.45, 7) is 1.70.